The average molecular weight is 256 g/mol. The van der Waals surface area contributed by atoms with Crippen LogP contribution < -0.4 is 10.9 Å². The summed E-state index contributed by atoms with van der Waals surface area (Å²) in [5.74, 6) is 0.540. The maximum Gasteiger partial charge on any atom is 0.342 e. The molecule has 0 spiro atoms. The number of hydrogen-bond acceptors (Lipinski definition) is 7. The Labute approximate surface area is 102 Å². The molecule has 92 valence electrons. The summed E-state index contributed by atoms with van der Waals surface area (Å²) in [6.07, 6.45) is 3.01. The van der Waals surface area contributed by atoms with Gasteiger partial charge in [-0.3, -0.25) is 0 Å². The van der Waals surface area contributed by atoms with Gasteiger partial charge in [0.25, 0.3) is 0 Å². The van der Waals surface area contributed by atoms with Gasteiger partial charge in [-0.2, -0.15) is 0 Å². The van der Waals surface area contributed by atoms with Crippen LogP contribution in [-0.4, -0.2) is 25.5 Å². The van der Waals surface area contributed by atoms with Gasteiger partial charge in [-0.1, -0.05) is 11.4 Å². The van der Waals surface area contributed by atoms with E-state index in [-0.39, 0.29) is 5.82 Å². The van der Waals surface area contributed by atoms with E-state index in [2.05, 4.69) is 15.8 Å². The van der Waals surface area contributed by atoms with Crippen LogP contribution in [0.25, 0.3) is 4.91 Å². The molecule has 0 bridgehead atoms. The van der Waals surface area contributed by atoms with E-state index in [9.17, 15) is 10.1 Å². The van der Waals surface area contributed by atoms with Gasteiger partial charge < -0.3 is 15.5 Å². The normalized spacial score (nSPS) is 15.8. The van der Waals surface area contributed by atoms with Crippen molar-refractivity contribution in [3.63, 3.8) is 0 Å². The molecule has 0 saturated heterocycles. The fraction of sp³-hybridized carbons (Fsp3) is 0.375. The third-order valence-corrected chi connectivity index (χ3v) is 3.09. The van der Waals surface area contributed by atoms with Crippen LogP contribution in [0.2, 0.25) is 0 Å². The molecule has 0 saturated carbocycles. The Balaban J connectivity index is 2.17. The Morgan fingerprint density at radius 3 is 3.06 bits per heavy atom. The molecule has 0 atom stereocenters. The summed E-state index contributed by atoms with van der Waals surface area (Å²) < 4.78 is 3.17. The molecule has 2 heterocycles. The first kappa shape index (κ1) is 11.9. The third-order valence-electron chi connectivity index (χ3n) is 2.18. The molecule has 2 rings (SSSR count). The van der Waals surface area contributed by atoms with Crippen molar-refractivity contribution >= 4 is 22.7 Å². The smallest absolute Gasteiger partial charge is 0.342 e. The zero-order valence-electron chi connectivity index (χ0n) is 9.38. The number of imidazole rings is 1. The van der Waals surface area contributed by atoms with Gasteiger partial charge in [0, 0.05) is 24.7 Å². The summed E-state index contributed by atoms with van der Waals surface area (Å²) in [6, 6.07) is 0. The Morgan fingerprint density at radius 2 is 2.47 bits per heavy atom. The van der Waals surface area contributed by atoms with Crippen molar-refractivity contribution in [1.82, 2.24) is 24.9 Å². The summed E-state index contributed by atoms with van der Waals surface area (Å²) in [5, 5.41) is 10.7. The molecule has 0 aliphatic carbocycles. The van der Waals surface area contributed by atoms with E-state index in [4.69, 9.17) is 0 Å². The van der Waals surface area contributed by atoms with Crippen molar-refractivity contribution < 1.29 is 4.92 Å². The highest BCUT2D eigenvalue weighted by atomic mass is 32.2. The summed E-state index contributed by atoms with van der Waals surface area (Å²) in [4.78, 5) is 15.1. The van der Waals surface area contributed by atoms with Gasteiger partial charge in [0.05, 0.1) is 7.05 Å². The first-order valence-corrected chi connectivity index (χ1v) is 5.75. The predicted molar refractivity (Wildman–Crippen MR) is 64.1 cm³/mol. The maximum absolute atomic E-state index is 10.7. The van der Waals surface area contributed by atoms with Gasteiger partial charge in [0.15, 0.2) is 0 Å². The predicted octanol–water partition coefficient (Wildman–Crippen LogP) is 0.620. The molecule has 1 aliphatic rings. The molecule has 0 amide bonds. The second-order valence-electron chi connectivity index (χ2n) is 3.29. The van der Waals surface area contributed by atoms with Gasteiger partial charge in [-0.05, 0) is 4.92 Å². The van der Waals surface area contributed by atoms with Crippen LogP contribution in [0.1, 0.15) is 12.7 Å². The van der Waals surface area contributed by atoms with Crippen molar-refractivity contribution in [1.29, 1.82) is 0 Å². The van der Waals surface area contributed by atoms with E-state index in [0.717, 1.165) is 11.4 Å². The van der Waals surface area contributed by atoms with Crippen molar-refractivity contribution in [2.75, 3.05) is 6.54 Å². The molecule has 9 heteroatoms. The molecular formula is C8H12N6O2S. The van der Waals surface area contributed by atoms with Crippen molar-refractivity contribution in [3.8, 4) is 0 Å². The van der Waals surface area contributed by atoms with E-state index in [1.165, 1.54) is 22.7 Å². The van der Waals surface area contributed by atoms with Gasteiger partial charge in [-0.25, -0.2) is 15.0 Å². The number of nitrogens with one attached hydrogen (secondary N) is 2. The van der Waals surface area contributed by atoms with Gasteiger partial charge >= 0.3 is 5.82 Å². The number of hydrogen-bond donors (Lipinski definition) is 2. The lowest BCUT2D eigenvalue weighted by atomic mass is 10.5. The quantitative estimate of drug-likeness (QED) is 0.464. The van der Waals surface area contributed by atoms with Crippen LogP contribution in [0.15, 0.2) is 12.4 Å². The molecule has 0 unspecified atom stereocenters. The number of aromatic nitrogens is 2. The van der Waals surface area contributed by atoms with Crippen LogP contribution >= 0.6 is 11.9 Å². The molecule has 2 N–H and O–H groups in total. The molecule has 1 aromatic rings. The van der Waals surface area contributed by atoms with Gasteiger partial charge in [0.1, 0.15) is 11.1 Å². The topological polar surface area (TPSA) is 88.3 Å². The Hall–Kier alpha value is -1.58. The summed E-state index contributed by atoms with van der Waals surface area (Å²) in [5.41, 5.74) is 6.03. The minimum absolute atomic E-state index is 0.0246. The summed E-state index contributed by atoms with van der Waals surface area (Å²) in [7, 11) is 1.62. The molecular weight excluding hydrogens is 244 g/mol. The van der Waals surface area contributed by atoms with E-state index in [1.807, 2.05) is 6.92 Å². The number of nitrogens with zero attached hydrogens (tertiary/aromatic N) is 4. The summed E-state index contributed by atoms with van der Waals surface area (Å²) >= 11 is 1.39. The number of rotatable bonds is 4. The molecule has 1 aliphatic heterocycles. The third kappa shape index (κ3) is 2.25. The number of hydrazine groups is 2. The molecule has 0 aromatic carbocycles. The minimum Gasteiger partial charge on any atom is -0.358 e. The zero-order valence-corrected chi connectivity index (χ0v) is 10.2. The fourth-order valence-electron chi connectivity index (χ4n) is 1.39. The lowest BCUT2D eigenvalue weighted by Gasteiger charge is -2.13. The van der Waals surface area contributed by atoms with Crippen LogP contribution in [0.4, 0.5) is 5.82 Å². The van der Waals surface area contributed by atoms with Gasteiger partial charge in [0.2, 0.25) is 5.82 Å². The van der Waals surface area contributed by atoms with Crippen molar-refractivity contribution in [3.05, 3.63) is 28.3 Å². The van der Waals surface area contributed by atoms with Gasteiger partial charge in [-0.15, -0.1) is 0 Å². The summed E-state index contributed by atoms with van der Waals surface area (Å²) in [6.45, 7) is 2.76. The lowest BCUT2D eigenvalue weighted by Crippen LogP contribution is -2.37. The van der Waals surface area contributed by atoms with E-state index >= 15 is 0 Å². The van der Waals surface area contributed by atoms with Crippen molar-refractivity contribution in [2.24, 2.45) is 7.05 Å². The van der Waals surface area contributed by atoms with Crippen LogP contribution in [0.3, 0.4) is 0 Å². The average Bonchev–Trinajstić information content (AvgIpc) is 2.85. The second-order valence-corrected chi connectivity index (χ2v) is 4.28. The number of nitro groups is 1. The Kier molecular flexibility index (Phi) is 3.31. The molecule has 8 nitrogen and oxygen atoms in total. The molecule has 0 radical (unpaired) electrons. The molecule has 1 aromatic heterocycles. The van der Waals surface area contributed by atoms with Crippen molar-refractivity contribution in [2.45, 2.75) is 6.92 Å². The van der Waals surface area contributed by atoms with E-state index in [0.29, 0.717) is 5.82 Å². The molecule has 0 fully saturated rings. The Morgan fingerprint density at radius 1 is 1.71 bits per heavy atom. The lowest BCUT2D eigenvalue weighted by molar-refractivity contribution is -0.391. The van der Waals surface area contributed by atoms with Crippen LogP contribution in [0.5, 0.6) is 0 Å². The van der Waals surface area contributed by atoms with E-state index in [1.54, 1.807) is 17.8 Å². The first-order valence-electron chi connectivity index (χ1n) is 4.98. The highest BCUT2D eigenvalue weighted by Crippen LogP contribution is 2.32. The second kappa shape index (κ2) is 4.73. The highest BCUT2D eigenvalue weighted by Gasteiger charge is 2.25. The van der Waals surface area contributed by atoms with Crippen LogP contribution in [-0.2, 0) is 7.05 Å². The molecule has 17 heavy (non-hydrogen) atoms. The fourth-order valence-corrected chi connectivity index (χ4v) is 2.27. The highest BCUT2D eigenvalue weighted by molar-refractivity contribution is 8.06. The first-order chi connectivity index (χ1) is 8.13. The minimum atomic E-state index is -0.452. The maximum atomic E-state index is 10.7. The zero-order chi connectivity index (χ0) is 12.4. The van der Waals surface area contributed by atoms with Crippen LogP contribution in [0, 0.1) is 10.1 Å². The SMILES string of the molecule is CCNN1NC=C(c2ncc([N+](=O)[O-])n2C)S1. The van der Waals surface area contributed by atoms with E-state index < -0.39 is 4.92 Å². The largest absolute Gasteiger partial charge is 0.358 e. The Bertz CT molecular complexity index is 471. The monoisotopic (exact) mass is 256 g/mol. The standard InChI is InChI=1S/C8H12N6O2S/c1-3-10-14-11-4-6(17-14)8-9-5-7(12(8)2)13(15)16/h4-5,10-11H,3H2,1-2H3.